The van der Waals surface area contributed by atoms with Gasteiger partial charge in [-0.05, 0) is 38.8 Å². The number of nitrogens with one attached hydrogen (secondary N) is 1. The summed E-state index contributed by atoms with van der Waals surface area (Å²) in [6, 6.07) is 9.12. The Kier molecular flexibility index (Phi) is 6.98. The standard InChI is InChI=1S/C21H26N4O3S/c1-3-24(4-2)19(27)12-16-14-29-21(22-16)23-18(26)13-25(17-10-11-17)20(28)15-8-6-5-7-9-15/h5-9,14,17H,3-4,10-13H2,1-2H3,(H,22,23,26). The second-order valence-corrected chi connectivity index (χ2v) is 7.82. The van der Waals surface area contributed by atoms with Crippen molar-refractivity contribution in [2.45, 2.75) is 39.2 Å². The van der Waals surface area contributed by atoms with Crippen LogP contribution in [0.15, 0.2) is 35.7 Å². The molecule has 0 unspecified atom stereocenters. The topological polar surface area (TPSA) is 82.6 Å². The predicted octanol–water partition coefficient (Wildman–Crippen LogP) is 2.80. The van der Waals surface area contributed by atoms with Crippen molar-refractivity contribution in [2.75, 3.05) is 25.0 Å². The molecule has 1 heterocycles. The van der Waals surface area contributed by atoms with Gasteiger partial charge in [0.2, 0.25) is 11.8 Å². The van der Waals surface area contributed by atoms with Crippen molar-refractivity contribution in [3.63, 3.8) is 0 Å². The Bertz CT molecular complexity index is 860. The fourth-order valence-electron chi connectivity index (χ4n) is 3.10. The molecule has 0 spiro atoms. The summed E-state index contributed by atoms with van der Waals surface area (Å²) in [4.78, 5) is 45.2. The van der Waals surface area contributed by atoms with Crippen LogP contribution in [0.4, 0.5) is 5.13 Å². The van der Waals surface area contributed by atoms with Crippen molar-refractivity contribution in [3.05, 3.63) is 47.0 Å². The van der Waals surface area contributed by atoms with Gasteiger partial charge in [-0.15, -0.1) is 11.3 Å². The Labute approximate surface area is 174 Å². The lowest BCUT2D eigenvalue weighted by Crippen LogP contribution is -2.39. The number of thiazole rings is 1. The molecule has 1 aliphatic rings. The van der Waals surface area contributed by atoms with Crippen LogP contribution in [0, 0.1) is 0 Å². The van der Waals surface area contributed by atoms with Gasteiger partial charge in [-0.2, -0.15) is 0 Å². The van der Waals surface area contributed by atoms with Crippen LogP contribution in [-0.2, 0) is 16.0 Å². The molecule has 2 aromatic rings. The smallest absolute Gasteiger partial charge is 0.254 e. The van der Waals surface area contributed by atoms with Gasteiger partial charge in [0.15, 0.2) is 5.13 Å². The molecule has 8 heteroatoms. The summed E-state index contributed by atoms with van der Waals surface area (Å²) in [6.07, 6.45) is 2.05. The van der Waals surface area contributed by atoms with Crippen molar-refractivity contribution in [3.8, 4) is 0 Å². The molecule has 1 aromatic heterocycles. The van der Waals surface area contributed by atoms with Gasteiger partial charge in [-0.3, -0.25) is 14.4 Å². The molecular formula is C21H26N4O3S. The fourth-order valence-corrected chi connectivity index (χ4v) is 3.83. The van der Waals surface area contributed by atoms with Crippen molar-refractivity contribution < 1.29 is 14.4 Å². The number of likely N-dealkylation sites (N-methyl/N-ethyl adjacent to an activating group) is 1. The Morgan fingerprint density at radius 1 is 1.14 bits per heavy atom. The van der Waals surface area contributed by atoms with Crippen LogP contribution >= 0.6 is 11.3 Å². The first-order chi connectivity index (χ1) is 14.0. The number of rotatable bonds is 9. The Balaban J connectivity index is 1.58. The SMILES string of the molecule is CCN(CC)C(=O)Cc1csc(NC(=O)CN(C(=O)c2ccccc2)C2CC2)n1. The minimum absolute atomic E-state index is 0.00825. The summed E-state index contributed by atoms with van der Waals surface area (Å²) in [5.41, 5.74) is 1.22. The summed E-state index contributed by atoms with van der Waals surface area (Å²) >= 11 is 1.29. The number of hydrogen-bond donors (Lipinski definition) is 1. The van der Waals surface area contributed by atoms with Gasteiger partial charge in [0.1, 0.15) is 6.54 Å². The van der Waals surface area contributed by atoms with Gasteiger partial charge < -0.3 is 15.1 Å². The zero-order chi connectivity index (χ0) is 20.8. The number of amides is 3. The van der Waals surface area contributed by atoms with E-state index in [0.29, 0.717) is 29.5 Å². The molecule has 1 saturated carbocycles. The number of carbonyl (C=O) groups is 3. The zero-order valence-electron chi connectivity index (χ0n) is 16.8. The highest BCUT2D eigenvalue weighted by atomic mass is 32.1. The molecule has 0 bridgehead atoms. The molecule has 3 rings (SSSR count). The molecule has 0 saturated heterocycles. The number of anilines is 1. The van der Waals surface area contributed by atoms with Crippen LogP contribution in [0.5, 0.6) is 0 Å². The maximum Gasteiger partial charge on any atom is 0.254 e. The van der Waals surface area contributed by atoms with E-state index >= 15 is 0 Å². The van der Waals surface area contributed by atoms with Crippen molar-refractivity contribution in [1.82, 2.24) is 14.8 Å². The summed E-state index contributed by atoms with van der Waals surface area (Å²) in [5.74, 6) is -0.392. The number of carbonyl (C=O) groups excluding carboxylic acids is 3. The number of aromatic nitrogens is 1. The summed E-state index contributed by atoms with van der Waals surface area (Å²) in [5, 5.41) is 4.99. The largest absolute Gasteiger partial charge is 0.343 e. The maximum atomic E-state index is 12.8. The zero-order valence-corrected chi connectivity index (χ0v) is 17.6. The number of nitrogens with zero attached hydrogens (tertiary/aromatic N) is 3. The minimum Gasteiger partial charge on any atom is -0.343 e. The number of hydrogen-bond acceptors (Lipinski definition) is 5. The third-order valence-corrected chi connectivity index (χ3v) is 5.64. The fraction of sp³-hybridized carbons (Fsp3) is 0.429. The van der Waals surface area contributed by atoms with E-state index in [1.807, 2.05) is 32.0 Å². The molecule has 29 heavy (non-hydrogen) atoms. The third-order valence-electron chi connectivity index (χ3n) is 4.83. The molecule has 1 aromatic carbocycles. The monoisotopic (exact) mass is 414 g/mol. The number of benzene rings is 1. The van der Waals surface area contributed by atoms with E-state index in [4.69, 9.17) is 0 Å². The molecule has 0 aliphatic heterocycles. The van der Waals surface area contributed by atoms with Gasteiger partial charge in [-0.25, -0.2) is 4.98 Å². The molecule has 0 radical (unpaired) electrons. The van der Waals surface area contributed by atoms with Crippen molar-refractivity contribution in [1.29, 1.82) is 0 Å². The lowest BCUT2D eigenvalue weighted by molar-refractivity contribution is -0.130. The van der Waals surface area contributed by atoms with Gasteiger partial charge >= 0.3 is 0 Å². The average molecular weight is 415 g/mol. The van der Waals surface area contributed by atoms with Gasteiger partial charge in [0, 0.05) is 30.1 Å². The molecule has 1 N–H and O–H groups in total. The first-order valence-corrected chi connectivity index (χ1v) is 10.8. The normalized spacial score (nSPS) is 13.0. The van der Waals surface area contributed by atoms with Gasteiger partial charge in [0.25, 0.3) is 5.91 Å². The highest BCUT2D eigenvalue weighted by Gasteiger charge is 2.34. The lowest BCUT2D eigenvalue weighted by Gasteiger charge is -2.21. The van der Waals surface area contributed by atoms with E-state index in [1.165, 1.54) is 11.3 Å². The van der Waals surface area contributed by atoms with E-state index in [9.17, 15) is 14.4 Å². The molecule has 154 valence electrons. The Morgan fingerprint density at radius 3 is 2.45 bits per heavy atom. The minimum atomic E-state index is -0.280. The van der Waals surface area contributed by atoms with E-state index in [1.54, 1.807) is 27.3 Å². The quantitative estimate of drug-likeness (QED) is 0.684. The van der Waals surface area contributed by atoms with Crippen LogP contribution in [0.2, 0.25) is 0 Å². The molecule has 3 amide bonds. The van der Waals surface area contributed by atoms with Crippen LogP contribution < -0.4 is 5.32 Å². The summed E-state index contributed by atoms with van der Waals surface area (Å²) in [6.45, 7) is 5.20. The highest BCUT2D eigenvalue weighted by molar-refractivity contribution is 7.13. The molecule has 1 aliphatic carbocycles. The predicted molar refractivity (Wildman–Crippen MR) is 113 cm³/mol. The third kappa shape index (κ3) is 5.63. The van der Waals surface area contributed by atoms with Crippen LogP contribution in [-0.4, -0.2) is 58.2 Å². The lowest BCUT2D eigenvalue weighted by atomic mass is 10.2. The first-order valence-electron chi connectivity index (χ1n) is 9.89. The van der Waals surface area contributed by atoms with E-state index in [2.05, 4.69) is 10.3 Å². The maximum absolute atomic E-state index is 12.8. The van der Waals surface area contributed by atoms with Gasteiger partial charge in [-0.1, -0.05) is 18.2 Å². The van der Waals surface area contributed by atoms with E-state index in [-0.39, 0.29) is 36.7 Å². The van der Waals surface area contributed by atoms with Gasteiger partial charge in [0.05, 0.1) is 12.1 Å². The summed E-state index contributed by atoms with van der Waals surface area (Å²) < 4.78 is 0. The average Bonchev–Trinajstić information content (AvgIpc) is 3.48. The Morgan fingerprint density at radius 2 is 1.83 bits per heavy atom. The Hall–Kier alpha value is -2.74. The van der Waals surface area contributed by atoms with E-state index in [0.717, 1.165) is 12.8 Å². The molecule has 0 atom stereocenters. The highest BCUT2D eigenvalue weighted by Crippen LogP contribution is 2.28. The second kappa shape index (κ2) is 9.65. The molecular weight excluding hydrogens is 388 g/mol. The van der Waals surface area contributed by atoms with Crippen molar-refractivity contribution in [2.24, 2.45) is 0 Å². The second-order valence-electron chi connectivity index (χ2n) is 6.97. The van der Waals surface area contributed by atoms with Crippen molar-refractivity contribution >= 4 is 34.2 Å². The van der Waals surface area contributed by atoms with Crippen LogP contribution in [0.25, 0.3) is 0 Å². The van der Waals surface area contributed by atoms with E-state index < -0.39 is 0 Å². The molecule has 7 nitrogen and oxygen atoms in total. The summed E-state index contributed by atoms with van der Waals surface area (Å²) in [7, 11) is 0. The molecule has 1 fully saturated rings. The van der Waals surface area contributed by atoms with Crippen LogP contribution in [0.1, 0.15) is 42.7 Å². The van der Waals surface area contributed by atoms with Crippen LogP contribution in [0.3, 0.4) is 0 Å². The first kappa shape index (κ1) is 21.0.